The molecule has 0 unspecified atom stereocenters. The second kappa shape index (κ2) is 9.26. The molecule has 0 bridgehead atoms. The van der Waals surface area contributed by atoms with Crippen LogP contribution >= 0.6 is 11.6 Å². The Morgan fingerprint density at radius 3 is 2.21 bits per heavy atom. The van der Waals surface area contributed by atoms with Crippen LogP contribution in [-0.4, -0.2) is 11.9 Å². The van der Waals surface area contributed by atoms with Gasteiger partial charge in [0, 0.05) is 5.69 Å². The number of carbonyl (C=O) groups is 2. The molecule has 0 aliphatic rings. The van der Waals surface area contributed by atoms with E-state index in [0.29, 0.717) is 12.3 Å². The maximum Gasteiger partial charge on any atom is 0.326 e. The average molecular weight is 409 g/mol. The van der Waals surface area contributed by atoms with Crippen LogP contribution in [0, 0.1) is 13.8 Å². The van der Waals surface area contributed by atoms with Crippen molar-refractivity contribution in [1.82, 2.24) is 5.32 Å². The molecular formula is C23H21ClN2O3. The summed E-state index contributed by atoms with van der Waals surface area (Å²) in [4.78, 5) is 24.2. The van der Waals surface area contributed by atoms with Gasteiger partial charge in [-0.2, -0.15) is 0 Å². The minimum atomic E-state index is -0.630. The Balaban J connectivity index is 1.55. The summed E-state index contributed by atoms with van der Waals surface area (Å²) < 4.78 is 5.93. The smallest absolute Gasteiger partial charge is 0.326 e. The molecule has 0 radical (unpaired) electrons. The molecule has 0 aromatic heterocycles. The van der Waals surface area contributed by atoms with Crippen LogP contribution in [0.5, 0.6) is 5.75 Å². The van der Waals surface area contributed by atoms with Gasteiger partial charge >= 0.3 is 6.03 Å². The van der Waals surface area contributed by atoms with Gasteiger partial charge in [0.1, 0.15) is 12.4 Å². The van der Waals surface area contributed by atoms with Crippen LogP contribution in [0.3, 0.4) is 0 Å². The second-order valence-corrected chi connectivity index (χ2v) is 7.00. The lowest BCUT2D eigenvalue weighted by molar-refractivity contribution is 0.0967. The Morgan fingerprint density at radius 1 is 0.897 bits per heavy atom. The number of anilines is 1. The van der Waals surface area contributed by atoms with E-state index >= 15 is 0 Å². The zero-order chi connectivity index (χ0) is 20.8. The number of amides is 3. The predicted octanol–water partition coefficient (Wildman–Crippen LogP) is 5.50. The SMILES string of the molecule is Cc1cccc(C)c1OCc1ccc(NC(=O)NC(=O)c2ccccc2Cl)cc1. The molecule has 6 heteroatoms. The molecule has 148 valence electrons. The first kappa shape index (κ1) is 20.4. The van der Waals surface area contributed by atoms with Crippen LogP contribution in [-0.2, 0) is 6.61 Å². The third-order valence-electron chi connectivity index (χ3n) is 4.35. The van der Waals surface area contributed by atoms with Gasteiger partial charge in [0.2, 0.25) is 0 Å². The number of carbonyl (C=O) groups excluding carboxylic acids is 2. The van der Waals surface area contributed by atoms with Gasteiger partial charge in [-0.05, 0) is 54.8 Å². The molecule has 0 atom stereocenters. The van der Waals surface area contributed by atoms with Gasteiger partial charge < -0.3 is 10.1 Å². The van der Waals surface area contributed by atoms with Crippen molar-refractivity contribution in [3.8, 4) is 5.75 Å². The summed E-state index contributed by atoms with van der Waals surface area (Å²) in [5, 5.41) is 5.17. The zero-order valence-corrected chi connectivity index (χ0v) is 16.9. The summed E-state index contributed by atoms with van der Waals surface area (Å²) in [6.07, 6.45) is 0. The van der Waals surface area contributed by atoms with E-state index in [2.05, 4.69) is 10.6 Å². The maximum atomic E-state index is 12.1. The van der Waals surface area contributed by atoms with Crippen LogP contribution in [0.25, 0.3) is 0 Å². The minimum Gasteiger partial charge on any atom is -0.488 e. The standard InChI is InChI=1S/C23H21ClN2O3/c1-15-6-5-7-16(2)21(15)29-14-17-10-12-18(13-11-17)25-23(28)26-22(27)19-8-3-4-9-20(19)24/h3-13H,14H2,1-2H3,(H2,25,26,27,28). The molecule has 3 aromatic rings. The van der Waals surface area contributed by atoms with Crippen molar-refractivity contribution in [2.24, 2.45) is 0 Å². The second-order valence-electron chi connectivity index (χ2n) is 6.59. The van der Waals surface area contributed by atoms with E-state index in [0.717, 1.165) is 22.4 Å². The van der Waals surface area contributed by atoms with Crippen LogP contribution in [0.4, 0.5) is 10.5 Å². The number of ether oxygens (including phenoxy) is 1. The topological polar surface area (TPSA) is 67.4 Å². The monoisotopic (exact) mass is 408 g/mol. The molecule has 3 rings (SSSR count). The summed E-state index contributed by atoms with van der Waals surface area (Å²) in [5.74, 6) is 0.318. The Morgan fingerprint density at radius 2 is 1.55 bits per heavy atom. The number of hydrogen-bond donors (Lipinski definition) is 2. The number of nitrogens with one attached hydrogen (secondary N) is 2. The van der Waals surface area contributed by atoms with Gasteiger partial charge in [0.15, 0.2) is 0 Å². The van der Waals surface area contributed by atoms with Crippen molar-refractivity contribution in [2.45, 2.75) is 20.5 Å². The van der Waals surface area contributed by atoms with Crippen molar-refractivity contribution in [2.75, 3.05) is 5.32 Å². The van der Waals surface area contributed by atoms with E-state index in [1.54, 1.807) is 36.4 Å². The van der Waals surface area contributed by atoms with E-state index < -0.39 is 11.9 Å². The Kier molecular flexibility index (Phi) is 6.52. The quantitative estimate of drug-likeness (QED) is 0.585. The highest BCUT2D eigenvalue weighted by atomic mass is 35.5. The molecule has 0 spiro atoms. The van der Waals surface area contributed by atoms with E-state index in [1.165, 1.54) is 0 Å². The minimum absolute atomic E-state index is 0.239. The number of imide groups is 1. The lowest BCUT2D eigenvalue weighted by Gasteiger charge is -2.12. The number of rotatable bonds is 5. The van der Waals surface area contributed by atoms with E-state index in [1.807, 2.05) is 44.2 Å². The number of aryl methyl sites for hydroxylation is 2. The highest BCUT2D eigenvalue weighted by molar-refractivity contribution is 6.34. The summed E-state index contributed by atoms with van der Waals surface area (Å²) >= 11 is 5.97. The van der Waals surface area contributed by atoms with Gasteiger partial charge in [0.25, 0.3) is 5.91 Å². The molecule has 0 saturated carbocycles. The van der Waals surface area contributed by atoms with Gasteiger partial charge in [-0.15, -0.1) is 0 Å². The predicted molar refractivity (Wildman–Crippen MR) is 115 cm³/mol. The number of para-hydroxylation sites is 1. The van der Waals surface area contributed by atoms with Gasteiger partial charge in [-0.25, -0.2) is 4.79 Å². The molecule has 2 N–H and O–H groups in total. The molecule has 0 saturated heterocycles. The Labute approximate surface area is 174 Å². The van der Waals surface area contributed by atoms with Crippen molar-refractivity contribution in [1.29, 1.82) is 0 Å². The first-order chi connectivity index (χ1) is 13.9. The first-order valence-electron chi connectivity index (χ1n) is 9.09. The number of benzene rings is 3. The number of hydrogen-bond acceptors (Lipinski definition) is 3. The molecule has 0 aliphatic carbocycles. The summed E-state index contributed by atoms with van der Waals surface area (Å²) in [5.41, 5.74) is 3.94. The summed E-state index contributed by atoms with van der Waals surface area (Å²) in [7, 11) is 0. The molecule has 0 fully saturated rings. The Hall–Kier alpha value is -3.31. The van der Waals surface area contributed by atoms with E-state index in [-0.39, 0.29) is 10.6 Å². The molecule has 3 aromatic carbocycles. The summed E-state index contributed by atoms with van der Waals surface area (Å²) in [6, 6.07) is 19.2. The molecule has 0 aliphatic heterocycles. The molecule has 0 heterocycles. The molecule has 3 amide bonds. The number of urea groups is 1. The first-order valence-corrected chi connectivity index (χ1v) is 9.46. The van der Waals surface area contributed by atoms with Crippen LogP contribution in [0.1, 0.15) is 27.0 Å². The lowest BCUT2D eigenvalue weighted by atomic mass is 10.1. The number of halogens is 1. The lowest BCUT2D eigenvalue weighted by Crippen LogP contribution is -2.34. The zero-order valence-electron chi connectivity index (χ0n) is 16.2. The Bertz CT molecular complexity index is 1010. The van der Waals surface area contributed by atoms with Crippen LogP contribution < -0.4 is 15.4 Å². The van der Waals surface area contributed by atoms with Crippen molar-refractivity contribution >= 4 is 29.2 Å². The van der Waals surface area contributed by atoms with Gasteiger partial charge in [0.05, 0.1) is 10.6 Å². The van der Waals surface area contributed by atoms with E-state index in [9.17, 15) is 9.59 Å². The normalized spacial score (nSPS) is 10.3. The van der Waals surface area contributed by atoms with Crippen molar-refractivity contribution in [3.05, 3.63) is 94.0 Å². The molecule has 29 heavy (non-hydrogen) atoms. The van der Waals surface area contributed by atoms with Crippen LogP contribution in [0.15, 0.2) is 66.7 Å². The summed E-state index contributed by atoms with van der Waals surface area (Å²) in [6.45, 7) is 4.44. The van der Waals surface area contributed by atoms with Gasteiger partial charge in [-0.3, -0.25) is 10.1 Å². The fourth-order valence-corrected chi connectivity index (χ4v) is 3.07. The van der Waals surface area contributed by atoms with E-state index in [4.69, 9.17) is 16.3 Å². The third kappa shape index (κ3) is 5.36. The average Bonchev–Trinajstić information content (AvgIpc) is 2.69. The molecular weight excluding hydrogens is 388 g/mol. The van der Waals surface area contributed by atoms with Gasteiger partial charge in [-0.1, -0.05) is 54.1 Å². The maximum absolute atomic E-state index is 12.1. The fraction of sp³-hybridized carbons (Fsp3) is 0.130. The third-order valence-corrected chi connectivity index (χ3v) is 4.68. The fourth-order valence-electron chi connectivity index (χ4n) is 2.84. The van der Waals surface area contributed by atoms with Crippen LogP contribution in [0.2, 0.25) is 5.02 Å². The van der Waals surface area contributed by atoms with Crippen molar-refractivity contribution in [3.63, 3.8) is 0 Å². The highest BCUT2D eigenvalue weighted by Crippen LogP contribution is 2.23. The van der Waals surface area contributed by atoms with Crippen molar-refractivity contribution < 1.29 is 14.3 Å². The molecule has 5 nitrogen and oxygen atoms in total. The largest absolute Gasteiger partial charge is 0.488 e. The highest BCUT2D eigenvalue weighted by Gasteiger charge is 2.13.